The van der Waals surface area contributed by atoms with E-state index in [-0.39, 0.29) is 0 Å². The zero-order valence-corrected chi connectivity index (χ0v) is 5.57. The highest BCUT2D eigenvalue weighted by Gasteiger charge is 2.03. The quantitative estimate of drug-likeness (QED) is 0.479. The van der Waals surface area contributed by atoms with Crippen LogP contribution >= 0.6 is 0 Å². The van der Waals surface area contributed by atoms with Gasteiger partial charge in [0.25, 0.3) is 0 Å². The second-order valence-corrected chi connectivity index (χ2v) is 3.01. The molecule has 1 aliphatic heterocycles. The number of hydrogen-bond acceptors (Lipinski definition) is 1. The van der Waals surface area contributed by atoms with Crippen molar-refractivity contribution in [2.24, 2.45) is 0 Å². The lowest BCUT2D eigenvalue weighted by atomic mass is 10.3. The van der Waals surface area contributed by atoms with E-state index in [1.165, 1.54) is 5.57 Å². The first-order valence-electron chi connectivity index (χ1n) is 2.53. The third kappa shape index (κ3) is 1.07. The second-order valence-electron chi connectivity index (χ2n) is 1.69. The summed E-state index contributed by atoms with van der Waals surface area (Å²) in [5, 5.41) is 1.73. The molecule has 2 heteroatoms. The molecule has 0 saturated carbocycles. The monoisotopic (exact) mass is 128 g/mol. The zero-order chi connectivity index (χ0) is 5.98. The van der Waals surface area contributed by atoms with Crippen molar-refractivity contribution >= 4 is 10.8 Å². The van der Waals surface area contributed by atoms with E-state index in [0.717, 1.165) is 5.75 Å². The topological polar surface area (TPSA) is 17.1 Å². The molecule has 1 unspecified atom stereocenters. The molecule has 0 N–H and O–H groups in total. The van der Waals surface area contributed by atoms with Gasteiger partial charge in [0.15, 0.2) is 0 Å². The van der Waals surface area contributed by atoms with Gasteiger partial charge in [-0.25, -0.2) is 0 Å². The van der Waals surface area contributed by atoms with Crippen LogP contribution in [0.25, 0.3) is 0 Å². The van der Waals surface area contributed by atoms with Crippen LogP contribution in [0.3, 0.4) is 0 Å². The molecule has 1 nitrogen and oxygen atoms in total. The normalized spacial score (nSPS) is 32.1. The summed E-state index contributed by atoms with van der Waals surface area (Å²) in [5.74, 6) is 0.719. The molecule has 1 rings (SSSR count). The van der Waals surface area contributed by atoms with Crippen LogP contribution in [0.5, 0.6) is 0 Å². The van der Waals surface area contributed by atoms with Crippen molar-refractivity contribution in [1.82, 2.24) is 0 Å². The minimum absolute atomic E-state index is 0.702. The molecule has 0 aliphatic carbocycles. The molecule has 0 aromatic heterocycles. The predicted octanol–water partition coefficient (Wildman–Crippen LogP) is 1.21. The molecule has 8 heavy (non-hydrogen) atoms. The van der Waals surface area contributed by atoms with Crippen molar-refractivity contribution in [2.75, 3.05) is 5.75 Å². The fourth-order valence-corrected chi connectivity index (χ4v) is 1.62. The lowest BCUT2D eigenvalue weighted by molar-refractivity contribution is 0.690. The van der Waals surface area contributed by atoms with Gasteiger partial charge in [0.05, 0.1) is 16.6 Å². The van der Waals surface area contributed by atoms with Gasteiger partial charge in [-0.15, -0.1) is 0 Å². The van der Waals surface area contributed by atoms with E-state index in [1.807, 2.05) is 19.1 Å². The molecule has 1 atom stereocenters. The molecule has 0 aromatic rings. The molecular formula is C6H8OS. The van der Waals surface area contributed by atoms with Crippen molar-refractivity contribution in [3.8, 4) is 0 Å². The molecule has 0 radical (unpaired) electrons. The van der Waals surface area contributed by atoms with Gasteiger partial charge in [-0.05, 0) is 18.6 Å². The Morgan fingerprint density at radius 1 is 1.88 bits per heavy atom. The van der Waals surface area contributed by atoms with Crippen LogP contribution < -0.4 is 0 Å². The van der Waals surface area contributed by atoms with E-state index in [4.69, 9.17) is 0 Å². The summed E-state index contributed by atoms with van der Waals surface area (Å²) in [5.41, 5.74) is 1.18. The summed E-state index contributed by atoms with van der Waals surface area (Å²) in [4.78, 5) is 0. The average Bonchev–Trinajstić information content (AvgIpc) is 2.14. The fourth-order valence-electron chi connectivity index (χ4n) is 0.603. The van der Waals surface area contributed by atoms with Crippen LogP contribution in [0.1, 0.15) is 6.92 Å². The first-order chi connectivity index (χ1) is 3.83. The highest BCUT2D eigenvalue weighted by Crippen LogP contribution is 2.08. The molecule has 0 spiro atoms. The van der Waals surface area contributed by atoms with Gasteiger partial charge in [-0.2, -0.15) is 0 Å². The molecule has 1 heterocycles. The van der Waals surface area contributed by atoms with E-state index >= 15 is 0 Å². The summed E-state index contributed by atoms with van der Waals surface area (Å²) >= 11 is 0. The van der Waals surface area contributed by atoms with Crippen LogP contribution in [-0.2, 0) is 10.8 Å². The maximum absolute atomic E-state index is 10.6. The number of allylic oxidation sites excluding steroid dienone is 2. The SMILES string of the molecule is CC=C1C=CS(=O)C1. The van der Waals surface area contributed by atoms with E-state index < -0.39 is 10.8 Å². The summed E-state index contributed by atoms with van der Waals surface area (Å²) in [7, 11) is -0.702. The van der Waals surface area contributed by atoms with E-state index in [9.17, 15) is 4.21 Å². The van der Waals surface area contributed by atoms with Crippen LogP contribution in [0.4, 0.5) is 0 Å². The molecule has 0 saturated heterocycles. The molecule has 0 amide bonds. The van der Waals surface area contributed by atoms with Crippen molar-refractivity contribution in [2.45, 2.75) is 6.92 Å². The standard InChI is InChI=1S/C6H8OS/c1-2-6-3-4-8(7)5-6/h2-4H,5H2,1H3. The summed E-state index contributed by atoms with van der Waals surface area (Å²) in [6.45, 7) is 1.96. The minimum atomic E-state index is -0.702. The van der Waals surface area contributed by atoms with Crippen LogP contribution in [-0.4, -0.2) is 9.96 Å². The van der Waals surface area contributed by atoms with Gasteiger partial charge >= 0.3 is 0 Å². The van der Waals surface area contributed by atoms with E-state index in [1.54, 1.807) is 5.41 Å². The molecule has 44 valence electrons. The third-order valence-corrected chi connectivity index (χ3v) is 2.17. The van der Waals surface area contributed by atoms with Crippen molar-refractivity contribution in [3.05, 3.63) is 23.1 Å². The third-order valence-electron chi connectivity index (χ3n) is 1.11. The maximum Gasteiger partial charge on any atom is 0.0523 e. The smallest absolute Gasteiger partial charge is 0.0523 e. The molecule has 0 fully saturated rings. The van der Waals surface area contributed by atoms with Gasteiger partial charge in [0.1, 0.15) is 0 Å². The maximum atomic E-state index is 10.6. The Morgan fingerprint density at radius 2 is 2.62 bits per heavy atom. The van der Waals surface area contributed by atoms with E-state index in [0.29, 0.717) is 0 Å². The van der Waals surface area contributed by atoms with E-state index in [2.05, 4.69) is 0 Å². The van der Waals surface area contributed by atoms with Crippen LogP contribution in [0.15, 0.2) is 23.1 Å². The summed E-state index contributed by atoms with van der Waals surface area (Å²) < 4.78 is 10.6. The van der Waals surface area contributed by atoms with Crippen molar-refractivity contribution in [1.29, 1.82) is 0 Å². The van der Waals surface area contributed by atoms with Gasteiger partial charge in [0, 0.05) is 5.41 Å². The van der Waals surface area contributed by atoms with Crippen LogP contribution in [0.2, 0.25) is 0 Å². The van der Waals surface area contributed by atoms with Crippen molar-refractivity contribution < 1.29 is 4.21 Å². The van der Waals surface area contributed by atoms with Gasteiger partial charge in [0.2, 0.25) is 0 Å². The Bertz CT molecular complexity index is 167. The Labute approximate surface area is 51.6 Å². The van der Waals surface area contributed by atoms with Crippen LogP contribution in [0, 0.1) is 0 Å². The second kappa shape index (κ2) is 2.27. The molecule has 1 aliphatic rings. The largest absolute Gasteiger partial charge is 0.255 e. The van der Waals surface area contributed by atoms with Gasteiger partial charge in [-0.3, -0.25) is 4.21 Å². The molecule has 0 aromatic carbocycles. The Hall–Kier alpha value is -0.370. The zero-order valence-electron chi connectivity index (χ0n) is 4.76. The lowest BCUT2D eigenvalue weighted by Crippen LogP contribution is -1.85. The highest BCUT2D eigenvalue weighted by molar-refractivity contribution is 7.88. The first kappa shape index (κ1) is 5.76. The predicted molar refractivity (Wildman–Crippen MR) is 35.9 cm³/mol. The Kier molecular flexibility index (Phi) is 1.63. The molecule has 0 bridgehead atoms. The minimum Gasteiger partial charge on any atom is -0.255 e. The summed E-state index contributed by atoms with van der Waals surface area (Å²) in [6, 6.07) is 0. The number of rotatable bonds is 0. The number of hydrogen-bond donors (Lipinski definition) is 0. The lowest BCUT2D eigenvalue weighted by Gasteiger charge is -1.84. The van der Waals surface area contributed by atoms with Crippen molar-refractivity contribution in [3.63, 3.8) is 0 Å². The van der Waals surface area contributed by atoms with Gasteiger partial charge < -0.3 is 0 Å². The van der Waals surface area contributed by atoms with Gasteiger partial charge in [-0.1, -0.05) is 6.08 Å². The Balaban J connectivity index is 2.73. The Morgan fingerprint density at radius 3 is 2.88 bits per heavy atom. The highest BCUT2D eigenvalue weighted by atomic mass is 32.2. The summed E-state index contributed by atoms with van der Waals surface area (Å²) in [6.07, 6.45) is 3.90. The molecular weight excluding hydrogens is 120 g/mol. The first-order valence-corrected chi connectivity index (χ1v) is 3.91. The average molecular weight is 128 g/mol. The fraction of sp³-hybridized carbons (Fsp3) is 0.333.